The Labute approximate surface area is 128 Å². The summed E-state index contributed by atoms with van der Waals surface area (Å²) in [7, 11) is 0. The summed E-state index contributed by atoms with van der Waals surface area (Å²) in [5, 5.41) is 9.46. The van der Waals surface area contributed by atoms with Crippen LogP contribution in [0.3, 0.4) is 0 Å². The minimum Gasteiger partial charge on any atom is -0.392 e. The van der Waals surface area contributed by atoms with E-state index in [4.69, 9.17) is 9.72 Å². The molecule has 1 saturated heterocycles. The van der Waals surface area contributed by atoms with Gasteiger partial charge in [-0.3, -0.25) is 0 Å². The molecule has 0 amide bonds. The largest absolute Gasteiger partial charge is 0.392 e. The summed E-state index contributed by atoms with van der Waals surface area (Å²) in [6.07, 6.45) is 3.64. The number of nitrogens with zero attached hydrogens (tertiary/aromatic N) is 2. The minimum atomic E-state index is 0.0683. The molecule has 21 heavy (non-hydrogen) atoms. The number of anilines is 1. The first-order valence-electron chi connectivity index (χ1n) is 8.12. The van der Waals surface area contributed by atoms with E-state index in [1.807, 2.05) is 12.1 Å². The number of piperidine rings is 1. The molecule has 2 heterocycles. The molecule has 1 N–H and O–H groups in total. The standard InChI is InChI=1S/C17H28N2O2/c1-4-8-21-15-6-5-7-19(11-15)17-10-14(12-20)9-16(18-17)13(2)3/h9-10,13,15,20H,4-8,11-12H2,1-3H3. The van der Waals surface area contributed by atoms with Crippen LogP contribution >= 0.6 is 0 Å². The molecule has 0 aromatic carbocycles. The molecule has 1 unspecified atom stereocenters. The first-order chi connectivity index (χ1) is 10.1. The van der Waals surface area contributed by atoms with Gasteiger partial charge in [0.15, 0.2) is 0 Å². The van der Waals surface area contributed by atoms with E-state index >= 15 is 0 Å². The van der Waals surface area contributed by atoms with Crippen LogP contribution in [0, 0.1) is 0 Å². The van der Waals surface area contributed by atoms with Gasteiger partial charge in [-0.25, -0.2) is 4.98 Å². The molecule has 1 atom stereocenters. The number of ether oxygens (including phenoxy) is 1. The second-order valence-electron chi connectivity index (χ2n) is 6.15. The molecule has 4 nitrogen and oxygen atoms in total. The lowest BCUT2D eigenvalue weighted by molar-refractivity contribution is 0.0439. The first kappa shape index (κ1) is 16.2. The van der Waals surface area contributed by atoms with Crippen molar-refractivity contribution in [3.8, 4) is 0 Å². The van der Waals surface area contributed by atoms with Crippen LogP contribution in [0.15, 0.2) is 12.1 Å². The molecule has 2 rings (SSSR count). The highest BCUT2D eigenvalue weighted by Crippen LogP contribution is 2.24. The zero-order chi connectivity index (χ0) is 15.2. The Morgan fingerprint density at radius 2 is 2.24 bits per heavy atom. The van der Waals surface area contributed by atoms with E-state index in [1.54, 1.807) is 0 Å². The molecule has 4 heteroatoms. The Morgan fingerprint density at radius 3 is 2.90 bits per heavy atom. The highest BCUT2D eigenvalue weighted by molar-refractivity contribution is 5.43. The van der Waals surface area contributed by atoms with E-state index in [0.29, 0.717) is 12.0 Å². The van der Waals surface area contributed by atoms with Crippen molar-refractivity contribution in [3.05, 3.63) is 23.4 Å². The van der Waals surface area contributed by atoms with E-state index in [1.165, 1.54) is 0 Å². The predicted octanol–water partition coefficient (Wildman–Crippen LogP) is 3.09. The minimum absolute atomic E-state index is 0.0683. The maximum absolute atomic E-state index is 9.46. The normalized spacial score (nSPS) is 19.3. The molecule has 0 saturated carbocycles. The summed E-state index contributed by atoms with van der Waals surface area (Å²) in [4.78, 5) is 7.08. The number of pyridine rings is 1. The van der Waals surface area contributed by atoms with Gasteiger partial charge in [0.05, 0.1) is 12.7 Å². The smallest absolute Gasteiger partial charge is 0.129 e. The molecule has 0 spiro atoms. The number of aliphatic hydroxyl groups is 1. The maximum atomic E-state index is 9.46. The number of hydrogen-bond donors (Lipinski definition) is 1. The van der Waals surface area contributed by atoms with Crippen molar-refractivity contribution in [1.29, 1.82) is 0 Å². The molecule has 0 bridgehead atoms. The molecule has 1 aliphatic rings. The molecule has 1 aromatic rings. The highest BCUT2D eigenvalue weighted by atomic mass is 16.5. The van der Waals surface area contributed by atoms with Crippen LogP contribution in [0.25, 0.3) is 0 Å². The van der Waals surface area contributed by atoms with E-state index in [2.05, 4.69) is 25.7 Å². The lowest BCUT2D eigenvalue weighted by Gasteiger charge is -2.34. The quantitative estimate of drug-likeness (QED) is 0.875. The van der Waals surface area contributed by atoms with Crippen LogP contribution in [0.4, 0.5) is 5.82 Å². The van der Waals surface area contributed by atoms with Gasteiger partial charge in [-0.1, -0.05) is 20.8 Å². The fourth-order valence-electron chi connectivity index (χ4n) is 2.71. The Bertz CT molecular complexity index is 448. The van der Waals surface area contributed by atoms with Gasteiger partial charge < -0.3 is 14.7 Å². The molecule has 1 aliphatic heterocycles. The van der Waals surface area contributed by atoms with Gasteiger partial charge in [-0.2, -0.15) is 0 Å². The van der Waals surface area contributed by atoms with Crippen molar-refractivity contribution >= 4 is 5.82 Å². The third-order valence-electron chi connectivity index (χ3n) is 3.93. The second kappa shape index (κ2) is 7.76. The van der Waals surface area contributed by atoms with Crippen molar-refractivity contribution in [1.82, 2.24) is 4.98 Å². The number of aliphatic hydroxyl groups excluding tert-OH is 1. The predicted molar refractivity (Wildman–Crippen MR) is 85.7 cm³/mol. The monoisotopic (exact) mass is 292 g/mol. The summed E-state index contributed by atoms with van der Waals surface area (Å²) in [6, 6.07) is 4.01. The van der Waals surface area contributed by atoms with Gasteiger partial charge in [-0.15, -0.1) is 0 Å². The average molecular weight is 292 g/mol. The lowest BCUT2D eigenvalue weighted by Crippen LogP contribution is -2.40. The number of hydrogen-bond acceptors (Lipinski definition) is 4. The average Bonchev–Trinajstić information content (AvgIpc) is 2.52. The van der Waals surface area contributed by atoms with Crippen molar-refractivity contribution < 1.29 is 9.84 Å². The Kier molecular flexibility index (Phi) is 6.00. The lowest BCUT2D eigenvalue weighted by atomic mass is 10.1. The maximum Gasteiger partial charge on any atom is 0.129 e. The summed E-state index contributed by atoms with van der Waals surface area (Å²) in [5.74, 6) is 1.35. The van der Waals surface area contributed by atoms with E-state index in [9.17, 15) is 5.11 Å². The third-order valence-corrected chi connectivity index (χ3v) is 3.93. The summed E-state index contributed by atoms with van der Waals surface area (Å²) >= 11 is 0. The molecule has 1 fully saturated rings. The first-order valence-corrected chi connectivity index (χ1v) is 8.12. The van der Waals surface area contributed by atoms with Crippen LogP contribution in [-0.4, -0.2) is 35.9 Å². The summed E-state index contributed by atoms with van der Waals surface area (Å²) in [5.41, 5.74) is 1.99. The molecule has 118 valence electrons. The van der Waals surface area contributed by atoms with Crippen LogP contribution in [0.5, 0.6) is 0 Å². The zero-order valence-electron chi connectivity index (χ0n) is 13.5. The number of rotatable bonds is 6. The fourth-order valence-corrected chi connectivity index (χ4v) is 2.71. The van der Waals surface area contributed by atoms with Gasteiger partial charge in [0.2, 0.25) is 0 Å². The summed E-state index contributed by atoms with van der Waals surface area (Å²) < 4.78 is 5.90. The van der Waals surface area contributed by atoms with E-state index in [-0.39, 0.29) is 6.61 Å². The fraction of sp³-hybridized carbons (Fsp3) is 0.706. The summed E-state index contributed by atoms with van der Waals surface area (Å²) in [6.45, 7) is 9.23. The van der Waals surface area contributed by atoms with Crippen LogP contribution in [0.1, 0.15) is 57.2 Å². The second-order valence-corrected chi connectivity index (χ2v) is 6.15. The van der Waals surface area contributed by atoms with Gasteiger partial charge in [-0.05, 0) is 42.9 Å². The van der Waals surface area contributed by atoms with Crippen molar-refractivity contribution in [3.63, 3.8) is 0 Å². The number of aromatic nitrogens is 1. The molecule has 0 aliphatic carbocycles. The highest BCUT2D eigenvalue weighted by Gasteiger charge is 2.22. The van der Waals surface area contributed by atoms with Gasteiger partial charge in [0.25, 0.3) is 0 Å². The molecule has 1 aromatic heterocycles. The van der Waals surface area contributed by atoms with E-state index in [0.717, 1.165) is 56.0 Å². The van der Waals surface area contributed by atoms with Crippen molar-refractivity contribution in [2.24, 2.45) is 0 Å². The molecular weight excluding hydrogens is 264 g/mol. The zero-order valence-corrected chi connectivity index (χ0v) is 13.5. The molecular formula is C17H28N2O2. The van der Waals surface area contributed by atoms with Crippen LogP contribution < -0.4 is 4.90 Å². The van der Waals surface area contributed by atoms with E-state index < -0.39 is 0 Å². The Hall–Kier alpha value is -1.13. The SMILES string of the molecule is CCCOC1CCCN(c2cc(CO)cc(C(C)C)n2)C1. The van der Waals surface area contributed by atoms with Crippen LogP contribution in [-0.2, 0) is 11.3 Å². The Balaban J connectivity index is 2.14. The third kappa shape index (κ3) is 4.42. The Morgan fingerprint density at radius 1 is 1.43 bits per heavy atom. The van der Waals surface area contributed by atoms with Crippen LogP contribution in [0.2, 0.25) is 0 Å². The van der Waals surface area contributed by atoms with Gasteiger partial charge >= 0.3 is 0 Å². The van der Waals surface area contributed by atoms with Gasteiger partial charge in [0, 0.05) is 25.4 Å². The van der Waals surface area contributed by atoms with Gasteiger partial charge in [0.1, 0.15) is 5.82 Å². The topological polar surface area (TPSA) is 45.6 Å². The van der Waals surface area contributed by atoms with Crippen molar-refractivity contribution in [2.75, 3.05) is 24.6 Å². The molecule has 0 radical (unpaired) electrons. The van der Waals surface area contributed by atoms with Crippen molar-refractivity contribution in [2.45, 2.75) is 58.7 Å².